The van der Waals surface area contributed by atoms with E-state index in [1.807, 2.05) is 13.8 Å². The molecule has 1 rings (SSSR count). The topological polar surface area (TPSA) is 69.6 Å². The van der Waals surface area contributed by atoms with Crippen molar-refractivity contribution in [1.82, 2.24) is 5.32 Å². The number of carbonyl (C=O) groups is 1. The maximum absolute atomic E-state index is 10.2. The third-order valence-corrected chi connectivity index (χ3v) is 1.41. The van der Waals surface area contributed by atoms with Gasteiger partial charge >= 0.3 is 5.97 Å². The summed E-state index contributed by atoms with van der Waals surface area (Å²) in [5.41, 5.74) is 0. The summed E-state index contributed by atoms with van der Waals surface area (Å²) in [5.74, 6) is -0.883. The van der Waals surface area contributed by atoms with E-state index in [0.29, 0.717) is 13.0 Å². The minimum absolute atomic E-state index is 0.329. The van der Waals surface area contributed by atoms with Crippen LogP contribution >= 0.6 is 0 Å². The third kappa shape index (κ3) is 3.34. The zero-order valence-corrected chi connectivity index (χ0v) is 6.87. The Morgan fingerprint density at radius 3 is 2.27 bits per heavy atom. The van der Waals surface area contributed by atoms with E-state index in [1.54, 1.807) is 0 Å². The molecule has 0 amide bonds. The highest BCUT2D eigenvalue weighted by Crippen LogP contribution is 2.05. The van der Waals surface area contributed by atoms with Gasteiger partial charge in [0.1, 0.15) is 6.04 Å². The standard InChI is InChI=1S/C5H9NO3.C2H6/c7-3-1-4(5(8)9)6-2-3;1-2/h3-4,6-7H,1-2H2,(H,8,9);1-2H3/t3-,4-;/m0./s1. The molecule has 1 saturated heterocycles. The molecule has 0 bridgehead atoms. The molecular formula is C7H15NO3. The number of hydrogen-bond acceptors (Lipinski definition) is 3. The molecule has 0 unspecified atom stereocenters. The lowest BCUT2D eigenvalue weighted by atomic mass is 10.2. The van der Waals surface area contributed by atoms with Gasteiger partial charge in [0.15, 0.2) is 0 Å². The first kappa shape index (κ1) is 10.4. The Labute approximate surface area is 66.2 Å². The van der Waals surface area contributed by atoms with E-state index in [-0.39, 0.29) is 0 Å². The van der Waals surface area contributed by atoms with Crippen molar-refractivity contribution < 1.29 is 15.0 Å². The molecule has 4 heteroatoms. The first-order chi connectivity index (χ1) is 5.20. The number of aliphatic hydroxyl groups excluding tert-OH is 1. The molecule has 0 aliphatic carbocycles. The van der Waals surface area contributed by atoms with E-state index in [0.717, 1.165) is 0 Å². The smallest absolute Gasteiger partial charge is 0.320 e. The van der Waals surface area contributed by atoms with Crippen molar-refractivity contribution in [3.05, 3.63) is 0 Å². The van der Waals surface area contributed by atoms with Crippen LogP contribution in [0.2, 0.25) is 0 Å². The number of rotatable bonds is 1. The van der Waals surface area contributed by atoms with Crippen molar-refractivity contribution in [1.29, 1.82) is 0 Å². The van der Waals surface area contributed by atoms with Crippen molar-refractivity contribution in [3.63, 3.8) is 0 Å². The molecule has 1 aliphatic heterocycles. The van der Waals surface area contributed by atoms with Gasteiger partial charge in [0.05, 0.1) is 6.10 Å². The van der Waals surface area contributed by atoms with Crippen LogP contribution in [0.25, 0.3) is 0 Å². The predicted molar refractivity (Wildman–Crippen MR) is 41.4 cm³/mol. The van der Waals surface area contributed by atoms with E-state index in [2.05, 4.69) is 5.32 Å². The molecular weight excluding hydrogens is 146 g/mol. The second-order valence-electron chi connectivity index (χ2n) is 2.19. The summed E-state index contributed by atoms with van der Waals surface area (Å²) in [4.78, 5) is 10.2. The van der Waals surface area contributed by atoms with Gasteiger partial charge in [-0.05, 0) is 0 Å². The molecule has 0 aromatic carbocycles. The van der Waals surface area contributed by atoms with E-state index < -0.39 is 18.1 Å². The Bertz CT molecular complexity index is 127. The van der Waals surface area contributed by atoms with Crippen LogP contribution in [0.5, 0.6) is 0 Å². The monoisotopic (exact) mass is 161 g/mol. The van der Waals surface area contributed by atoms with Gasteiger partial charge < -0.3 is 15.5 Å². The molecule has 66 valence electrons. The highest BCUT2D eigenvalue weighted by Gasteiger charge is 2.27. The van der Waals surface area contributed by atoms with Crippen molar-refractivity contribution in [2.24, 2.45) is 0 Å². The summed E-state index contributed by atoms with van der Waals surface area (Å²) < 4.78 is 0. The van der Waals surface area contributed by atoms with E-state index in [4.69, 9.17) is 10.2 Å². The van der Waals surface area contributed by atoms with Crippen LogP contribution in [0.4, 0.5) is 0 Å². The van der Waals surface area contributed by atoms with E-state index >= 15 is 0 Å². The summed E-state index contributed by atoms with van der Waals surface area (Å²) in [6, 6.07) is -0.542. The fraction of sp³-hybridized carbons (Fsp3) is 0.857. The zero-order chi connectivity index (χ0) is 8.85. The Morgan fingerprint density at radius 2 is 2.09 bits per heavy atom. The van der Waals surface area contributed by atoms with Gasteiger partial charge in [-0.25, -0.2) is 0 Å². The average molecular weight is 161 g/mol. The van der Waals surface area contributed by atoms with Gasteiger partial charge in [0.25, 0.3) is 0 Å². The van der Waals surface area contributed by atoms with Crippen LogP contribution in [-0.2, 0) is 4.79 Å². The molecule has 11 heavy (non-hydrogen) atoms. The van der Waals surface area contributed by atoms with Gasteiger partial charge in [0, 0.05) is 13.0 Å². The fourth-order valence-electron chi connectivity index (χ4n) is 0.905. The molecule has 0 saturated carbocycles. The Hall–Kier alpha value is -0.610. The Balaban J connectivity index is 0.000000461. The summed E-state index contributed by atoms with van der Waals surface area (Å²) in [6.07, 6.45) is -0.152. The quantitative estimate of drug-likeness (QED) is 0.499. The predicted octanol–water partition coefficient (Wildman–Crippen LogP) is -0.180. The summed E-state index contributed by atoms with van der Waals surface area (Å²) in [6.45, 7) is 4.40. The SMILES string of the molecule is CC.O=C(O)[C@@H]1C[C@H](O)CN1. The van der Waals surface area contributed by atoms with Crippen molar-refractivity contribution in [2.45, 2.75) is 32.4 Å². The van der Waals surface area contributed by atoms with E-state index in [9.17, 15) is 4.79 Å². The fourth-order valence-corrected chi connectivity index (χ4v) is 0.905. The molecule has 0 aromatic rings. The van der Waals surface area contributed by atoms with Crippen LogP contribution in [0, 0.1) is 0 Å². The summed E-state index contributed by atoms with van der Waals surface area (Å²) >= 11 is 0. The molecule has 1 fully saturated rings. The second-order valence-corrected chi connectivity index (χ2v) is 2.19. The lowest BCUT2D eigenvalue weighted by Gasteiger charge is -1.99. The largest absolute Gasteiger partial charge is 0.480 e. The lowest BCUT2D eigenvalue weighted by molar-refractivity contribution is -0.139. The maximum Gasteiger partial charge on any atom is 0.320 e. The van der Waals surface area contributed by atoms with Crippen molar-refractivity contribution >= 4 is 5.97 Å². The number of hydrogen-bond donors (Lipinski definition) is 3. The normalized spacial score (nSPS) is 29.0. The van der Waals surface area contributed by atoms with Gasteiger partial charge in [-0.15, -0.1) is 0 Å². The summed E-state index contributed by atoms with van der Waals surface area (Å²) in [7, 11) is 0. The molecule has 2 atom stereocenters. The Kier molecular flexibility index (Phi) is 4.81. The molecule has 0 aromatic heterocycles. The minimum Gasteiger partial charge on any atom is -0.480 e. The second kappa shape index (κ2) is 5.09. The highest BCUT2D eigenvalue weighted by molar-refractivity contribution is 5.73. The molecule has 3 N–H and O–H groups in total. The molecule has 0 spiro atoms. The third-order valence-electron chi connectivity index (χ3n) is 1.41. The number of nitrogens with one attached hydrogen (secondary N) is 1. The van der Waals surface area contributed by atoms with Crippen LogP contribution in [-0.4, -0.2) is 34.9 Å². The van der Waals surface area contributed by atoms with Gasteiger partial charge in [-0.3, -0.25) is 4.79 Å². The zero-order valence-electron chi connectivity index (χ0n) is 6.87. The Morgan fingerprint density at radius 1 is 1.55 bits per heavy atom. The van der Waals surface area contributed by atoms with Gasteiger partial charge in [-0.2, -0.15) is 0 Å². The van der Waals surface area contributed by atoms with Crippen LogP contribution in [0.1, 0.15) is 20.3 Å². The molecule has 4 nitrogen and oxygen atoms in total. The molecule has 0 radical (unpaired) electrons. The van der Waals surface area contributed by atoms with Gasteiger partial charge in [0.2, 0.25) is 0 Å². The van der Waals surface area contributed by atoms with Gasteiger partial charge in [-0.1, -0.05) is 13.8 Å². The van der Waals surface area contributed by atoms with Crippen LogP contribution in [0.15, 0.2) is 0 Å². The van der Waals surface area contributed by atoms with Crippen LogP contribution < -0.4 is 5.32 Å². The highest BCUT2D eigenvalue weighted by atomic mass is 16.4. The number of carboxylic acid groups (broad SMARTS) is 1. The number of β-amino-alcohol motifs (C(OH)–C–C–N with tert-alkyl or cyclic N) is 1. The van der Waals surface area contributed by atoms with E-state index in [1.165, 1.54) is 0 Å². The number of carboxylic acids is 1. The maximum atomic E-state index is 10.2. The lowest BCUT2D eigenvalue weighted by Crippen LogP contribution is -2.29. The number of aliphatic carboxylic acids is 1. The average Bonchev–Trinajstić information content (AvgIpc) is 2.40. The number of aliphatic hydroxyl groups is 1. The first-order valence-corrected chi connectivity index (χ1v) is 3.84. The minimum atomic E-state index is -0.883. The van der Waals surface area contributed by atoms with Crippen molar-refractivity contribution in [2.75, 3.05) is 6.54 Å². The molecule has 1 aliphatic rings. The van der Waals surface area contributed by atoms with Crippen molar-refractivity contribution in [3.8, 4) is 0 Å². The first-order valence-electron chi connectivity index (χ1n) is 3.84. The van der Waals surface area contributed by atoms with Crippen LogP contribution in [0.3, 0.4) is 0 Å². The molecule has 1 heterocycles. The summed E-state index contributed by atoms with van der Waals surface area (Å²) in [5, 5.41) is 19.8.